The molecule has 2 N–H and O–H groups in total. The summed E-state index contributed by atoms with van der Waals surface area (Å²) in [5, 5.41) is 25.0. The lowest BCUT2D eigenvalue weighted by molar-refractivity contribution is -0.385. The number of phenols is 1. The van der Waals surface area contributed by atoms with Crippen molar-refractivity contribution in [2.24, 2.45) is 5.10 Å². The Morgan fingerprint density at radius 2 is 2.14 bits per heavy atom. The number of halogens is 1. The van der Waals surface area contributed by atoms with Crippen molar-refractivity contribution in [3.63, 3.8) is 0 Å². The predicted molar refractivity (Wildman–Crippen MR) is 103 cm³/mol. The van der Waals surface area contributed by atoms with E-state index >= 15 is 0 Å². The lowest BCUT2D eigenvalue weighted by Crippen LogP contribution is -2.37. The zero-order chi connectivity index (χ0) is 20.1. The molecule has 0 saturated carbocycles. The van der Waals surface area contributed by atoms with Crippen molar-refractivity contribution in [1.82, 2.24) is 15.0 Å². The number of nitrogens with zero attached hydrogens (tertiary/aromatic N) is 6. The van der Waals surface area contributed by atoms with E-state index < -0.39 is 16.4 Å². The molecule has 13 heteroatoms. The van der Waals surface area contributed by atoms with Crippen LogP contribution in [-0.4, -0.2) is 64.6 Å². The van der Waals surface area contributed by atoms with E-state index in [-0.39, 0.29) is 17.5 Å². The number of nitro benzene ring substituents is 1. The highest BCUT2D eigenvalue weighted by Gasteiger charge is 2.18. The van der Waals surface area contributed by atoms with Gasteiger partial charge >= 0.3 is 11.7 Å². The topological polar surface area (TPSA) is 148 Å². The average molecular weight is 454 g/mol. The summed E-state index contributed by atoms with van der Waals surface area (Å²) in [4.78, 5) is 24.8. The normalized spacial score (nSPS) is 14.3. The molecule has 0 radical (unpaired) electrons. The van der Waals surface area contributed by atoms with Gasteiger partial charge in [0.2, 0.25) is 11.7 Å². The van der Waals surface area contributed by atoms with E-state index in [0.717, 1.165) is 0 Å². The maximum atomic E-state index is 11.0. The van der Waals surface area contributed by atoms with Crippen LogP contribution in [0.15, 0.2) is 21.7 Å². The van der Waals surface area contributed by atoms with Crippen molar-refractivity contribution in [1.29, 1.82) is 0 Å². The zero-order valence-electron chi connectivity index (χ0n) is 14.7. The third-order valence-electron chi connectivity index (χ3n) is 3.73. The predicted octanol–water partition coefficient (Wildman–Crippen LogP) is 1.54. The first-order valence-electron chi connectivity index (χ1n) is 8.06. The van der Waals surface area contributed by atoms with Crippen molar-refractivity contribution in [2.45, 2.75) is 0 Å². The van der Waals surface area contributed by atoms with Gasteiger partial charge in [-0.3, -0.25) is 10.1 Å². The maximum Gasteiger partial charge on any atom is 0.322 e. The molecule has 0 bridgehead atoms. The van der Waals surface area contributed by atoms with Crippen molar-refractivity contribution in [2.75, 3.05) is 43.7 Å². The highest BCUT2D eigenvalue weighted by Crippen LogP contribution is 2.32. The van der Waals surface area contributed by atoms with Gasteiger partial charge < -0.3 is 19.5 Å². The third kappa shape index (κ3) is 4.61. The van der Waals surface area contributed by atoms with Crippen LogP contribution in [0.2, 0.25) is 0 Å². The molecule has 1 aliphatic rings. The monoisotopic (exact) mass is 453 g/mol. The lowest BCUT2D eigenvalue weighted by atomic mass is 10.2. The van der Waals surface area contributed by atoms with Crippen molar-refractivity contribution >= 4 is 39.7 Å². The fraction of sp³-hybridized carbons (Fsp3) is 0.333. The number of hydrogen-bond acceptors (Lipinski definition) is 11. The number of morpholine rings is 1. The first-order valence-corrected chi connectivity index (χ1v) is 8.86. The molecule has 0 unspecified atom stereocenters. The highest BCUT2D eigenvalue weighted by molar-refractivity contribution is 9.10. The minimum Gasteiger partial charge on any atom is -0.502 e. The number of phenolic OH excluding ortho intramolecular Hbond substituents is 1. The fourth-order valence-corrected chi connectivity index (χ4v) is 2.86. The quantitative estimate of drug-likeness (QED) is 0.374. The third-order valence-corrected chi connectivity index (χ3v) is 4.19. The molecule has 0 amide bonds. The summed E-state index contributed by atoms with van der Waals surface area (Å²) in [6.45, 7) is 2.39. The molecule has 1 fully saturated rings. The summed E-state index contributed by atoms with van der Waals surface area (Å²) < 4.78 is 10.8. The number of hydrazone groups is 1. The second-order valence-electron chi connectivity index (χ2n) is 5.53. The Labute approximate surface area is 167 Å². The Morgan fingerprint density at radius 3 is 2.82 bits per heavy atom. The number of hydrogen-bond donors (Lipinski definition) is 2. The van der Waals surface area contributed by atoms with Crippen molar-refractivity contribution in [3.8, 4) is 11.8 Å². The molecule has 148 valence electrons. The van der Waals surface area contributed by atoms with Gasteiger partial charge in [0.25, 0.3) is 5.95 Å². The molecule has 3 rings (SSSR count). The molecule has 1 aromatic heterocycles. The van der Waals surface area contributed by atoms with Crippen LogP contribution in [0.3, 0.4) is 0 Å². The maximum absolute atomic E-state index is 11.0. The Bertz CT molecular complexity index is 905. The Balaban J connectivity index is 1.81. The molecular formula is C15H16BrN7O5. The molecule has 1 saturated heterocycles. The zero-order valence-corrected chi connectivity index (χ0v) is 16.3. The Hall–Kier alpha value is -3.06. The van der Waals surface area contributed by atoms with Gasteiger partial charge in [-0.2, -0.15) is 20.1 Å². The number of nitro groups is 1. The van der Waals surface area contributed by atoms with Crippen LogP contribution < -0.4 is 15.1 Å². The number of aromatic hydroxyl groups is 1. The summed E-state index contributed by atoms with van der Waals surface area (Å²) in [5.74, 6) is 0.0309. The molecule has 0 aliphatic carbocycles. The number of nitrogens with one attached hydrogen (secondary N) is 1. The largest absolute Gasteiger partial charge is 0.502 e. The van der Waals surface area contributed by atoms with Crippen LogP contribution in [0.25, 0.3) is 0 Å². The standard InChI is InChI=1S/C15H16BrN7O5/c1-27-15-19-13(18-14(20-15)22-2-4-28-5-3-22)21-17-8-9-6-10(16)7-11(12(9)24)23(25)26/h6-8,24H,2-5H2,1H3,(H,18,19,20,21). The summed E-state index contributed by atoms with van der Waals surface area (Å²) in [7, 11) is 1.43. The molecule has 2 aromatic rings. The minimum absolute atomic E-state index is 0.107. The number of anilines is 2. The van der Waals surface area contributed by atoms with Crippen molar-refractivity contribution in [3.05, 3.63) is 32.3 Å². The molecule has 2 heterocycles. The average Bonchev–Trinajstić information content (AvgIpc) is 2.70. The fourth-order valence-electron chi connectivity index (χ4n) is 2.39. The van der Waals surface area contributed by atoms with E-state index in [1.165, 1.54) is 25.5 Å². The minimum atomic E-state index is -0.684. The van der Waals surface area contributed by atoms with Gasteiger partial charge in [-0.05, 0) is 6.07 Å². The number of benzene rings is 1. The summed E-state index contributed by atoms with van der Waals surface area (Å²) in [5.41, 5.74) is 2.32. The second-order valence-corrected chi connectivity index (χ2v) is 6.45. The summed E-state index contributed by atoms with van der Waals surface area (Å²) in [6.07, 6.45) is 1.22. The Morgan fingerprint density at radius 1 is 1.39 bits per heavy atom. The number of rotatable bonds is 6. The highest BCUT2D eigenvalue weighted by atomic mass is 79.9. The Kier molecular flexibility index (Phi) is 6.16. The smallest absolute Gasteiger partial charge is 0.322 e. The van der Waals surface area contributed by atoms with E-state index in [4.69, 9.17) is 9.47 Å². The van der Waals surface area contributed by atoms with Gasteiger partial charge in [-0.1, -0.05) is 15.9 Å². The molecule has 28 heavy (non-hydrogen) atoms. The van der Waals surface area contributed by atoms with Crippen LogP contribution >= 0.6 is 15.9 Å². The van der Waals surface area contributed by atoms with Crippen LogP contribution in [0.1, 0.15) is 5.56 Å². The van der Waals surface area contributed by atoms with Gasteiger partial charge in [0.1, 0.15) is 0 Å². The number of aromatic nitrogens is 3. The van der Waals surface area contributed by atoms with E-state index in [1.807, 2.05) is 4.90 Å². The van der Waals surface area contributed by atoms with Crippen LogP contribution in [0.5, 0.6) is 11.8 Å². The van der Waals surface area contributed by atoms with Crippen LogP contribution in [0, 0.1) is 10.1 Å². The first-order chi connectivity index (χ1) is 13.5. The van der Waals surface area contributed by atoms with Gasteiger partial charge in [0.15, 0.2) is 0 Å². The van der Waals surface area contributed by atoms with E-state index in [2.05, 4.69) is 41.4 Å². The van der Waals surface area contributed by atoms with Crippen LogP contribution in [0.4, 0.5) is 17.6 Å². The second kappa shape index (κ2) is 8.75. The molecule has 1 aromatic carbocycles. The summed E-state index contributed by atoms with van der Waals surface area (Å²) >= 11 is 3.16. The first kappa shape index (κ1) is 19.7. The lowest BCUT2D eigenvalue weighted by Gasteiger charge is -2.26. The van der Waals surface area contributed by atoms with Gasteiger partial charge in [0, 0.05) is 29.2 Å². The number of ether oxygens (including phenoxy) is 2. The van der Waals surface area contributed by atoms with Gasteiger partial charge in [-0.25, -0.2) is 5.43 Å². The molecule has 0 atom stereocenters. The SMILES string of the molecule is COc1nc(NN=Cc2cc(Br)cc([N+](=O)[O-])c2O)nc(N2CCOCC2)n1. The van der Waals surface area contributed by atoms with E-state index in [0.29, 0.717) is 36.7 Å². The number of methoxy groups -OCH3 is 1. The molecule has 0 spiro atoms. The molecule has 12 nitrogen and oxygen atoms in total. The van der Waals surface area contributed by atoms with Crippen molar-refractivity contribution < 1.29 is 19.5 Å². The molecular weight excluding hydrogens is 438 g/mol. The van der Waals surface area contributed by atoms with Crippen LogP contribution in [-0.2, 0) is 4.74 Å². The van der Waals surface area contributed by atoms with Gasteiger partial charge in [0.05, 0.1) is 31.5 Å². The summed E-state index contributed by atoms with van der Waals surface area (Å²) in [6, 6.07) is 2.79. The van der Waals surface area contributed by atoms with E-state index in [9.17, 15) is 15.2 Å². The van der Waals surface area contributed by atoms with E-state index in [1.54, 1.807) is 0 Å². The molecule has 1 aliphatic heterocycles. The van der Waals surface area contributed by atoms with Gasteiger partial charge in [-0.15, -0.1) is 0 Å².